The van der Waals surface area contributed by atoms with E-state index in [1.807, 2.05) is 0 Å². The van der Waals surface area contributed by atoms with E-state index in [0.29, 0.717) is 59.0 Å². The number of nitro groups is 1. The average molecular weight is 527 g/mol. The molecular formula is C25H23ClN4O7. The molecule has 0 atom stereocenters. The van der Waals surface area contributed by atoms with Gasteiger partial charge in [-0.1, -0.05) is 11.6 Å². The second-order valence-electron chi connectivity index (χ2n) is 8.15. The molecule has 0 saturated carbocycles. The van der Waals surface area contributed by atoms with E-state index in [-0.39, 0.29) is 22.0 Å². The topological polar surface area (TPSA) is 145 Å². The summed E-state index contributed by atoms with van der Waals surface area (Å²) < 4.78 is 16.5. The number of amides is 2. The van der Waals surface area contributed by atoms with Gasteiger partial charge >= 0.3 is 0 Å². The summed E-state index contributed by atoms with van der Waals surface area (Å²) >= 11 is 5.82. The fourth-order valence-electron chi connectivity index (χ4n) is 4.06. The number of hydrogen-bond donors (Lipinski definition) is 2. The van der Waals surface area contributed by atoms with Crippen molar-refractivity contribution < 1.29 is 28.4 Å². The van der Waals surface area contributed by atoms with Crippen molar-refractivity contribution in [3.63, 3.8) is 0 Å². The Morgan fingerprint density at radius 2 is 1.89 bits per heavy atom. The van der Waals surface area contributed by atoms with Crippen LogP contribution in [0.5, 0.6) is 11.5 Å². The lowest BCUT2D eigenvalue weighted by Gasteiger charge is -2.13. The van der Waals surface area contributed by atoms with Crippen LogP contribution in [0.25, 0.3) is 0 Å². The van der Waals surface area contributed by atoms with Gasteiger partial charge in [-0.15, -0.1) is 0 Å². The van der Waals surface area contributed by atoms with Gasteiger partial charge in [0.25, 0.3) is 17.5 Å². The van der Waals surface area contributed by atoms with Crippen LogP contribution in [0.15, 0.2) is 45.9 Å². The Morgan fingerprint density at radius 1 is 1.11 bits per heavy atom. The molecule has 0 radical (unpaired) electrons. The van der Waals surface area contributed by atoms with Gasteiger partial charge < -0.3 is 19.2 Å². The lowest BCUT2D eigenvalue weighted by Crippen LogP contribution is -2.22. The Hall–Kier alpha value is -4.38. The summed E-state index contributed by atoms with van der Waals surface area (Å²) in [4.78, 5) is 36.2. The smallest absolute Gasteiger partial charge is 0.291 e. The van der Waals surface area contributed by atoms with E-state index in [4.69, 9.17) is 25.5 Å². The standard InChI is InChI=1S/C25H23ClN4O7/c1-13-22-17(28-29-24(31)14-7-9-16(26)19(11-14)30(33)34)5-4-6-21(22)37-23(13)25(32)27-18-12-15(35-2)8-10-20(18)36-3/h7-12H,4-6H2,1-3H3,(H,27,32)(H,29,31)/b28-17+. The van der Waals surface area contributed by atoms with E-state index >= 15 is 0 Å². The highest BCUT2D eigenvalue weighted by molar-refractivity contribution is 6.32. The van der Waals surface area contributed by atoms with Crippen molar-refractivity contribution >= 4 is 40.5 Å². The van der Waals surface area contributed by atoms with Crippen LogP contribution in [0.3, 0.4) is 0 Å². The van der Waals surface area contributed by atoms with Crippen molar-refractivity contribution in [2.45, 2.75) is 26.2 Å². The molecule has 1 aliphatic carbocycles. The van der Waals surface area contributed by atoms with Crippen LogP contribution in [-0.4, -0.2) is 36.7 Å². The Kier molecular flexibility index (Phi) is 7.44. The van der Waals surface area contributed by atoms with Crippen LogP contribution >= 0.6 is 11.6 Å². The zero-order chi connectivity index (χ0) is 26.7. The molecule has 4 rings (SSSR count). The van der Waals surface area contributed by atoms with E-state index in [0.717, 1.165) is 6.07 Å². The van der Waals surface area contributed by atoms with Crippen molar-refractivity contribution in [3.05, 3.63) is 79.7 Å². The first-order chi connectivity index (χ1) is 17.7. The molecule has 0 unspecified atom stereocenters. The van der Waals surface area contributed by atoms with E-state index in [2.05, 4.69) is 15.8 Å². The lowest BCUT2D eigenvalue weighted by atomic mass is 9.93. The molecule has 0 bridgehead atoms. The van der Waals surface area contributed by atoms with E-state index in [1.165, 1.54) is 26.4 Å². The number of anilines is 1. The molecule has 3 aromatic rings. The van der Waals surface area contributed by atoms with Gasteiger partial charge in [0.05, 0.1) is 30.5 Å². The number of hydrogen-bond acceptors (Lipinski definition) is 8. The SMILES string of the molecule is COc1ccc(OC)c(NC(=O)c2oc3c(c2C)/C(=N/NC(=O)c2ccc(Cl)c([N+](=O)[O-])c2)CCC3)c1. The van der Waals surface area contributed by atoms with Crippen LogP contribution in [0.2, 0.25) is 5.02 Å². The van der Waals surface area contributed by atoms with Crippen molar-refractivity contribution in [2.24, 2.45) is 5.10 Å². The highest BCUT2D eigenvalue weighted by atomic mass is 35.5. The van der Waals surface area contributed by atoms with Gasteiger partial charge in [-0.05, 0) is 44.0 Å². The maximum atomic E-state index is 13.1. The van der Waals surface area contributed by atoms with Gasteiger partial charge in [0, 0.05) is 35.2 Å². The molecule has 0 aliphatic heterocycles. The molecule has 0 fully saturated rings. The van der Waals surface area contributed by atoms with Gasteiger partial charge in [0.1, 0.15) is 22.3 Å². The van der Waals surface area contributed by atoms with Gasteiger partial charge in [0.15, 0.2) is 5.76 Å². The number of rotatable bonds is 7. The molecule has 2 amide bonds. The summed E-state index contributed by atoms with van der Waals surface area (Å²) in [6.45, 7) is 1.74. The minimum Gasteiger partial charge on any atom is -0.497 e. The Balaban J connectivity index is 1.58. The zero-order valence-electron chi connectivity index (χ0n) is 20.2. The minimum atomic E-state index is -0.666. The summed E-state index contributed by atoms with van der Waals surface area (Å²) in [6, 6.07) is 8.77. The van der Waals surface area contributed by atoms with Crippen LogP contribution in [0.4, 0.5) is 11.4 Å². The van der Waals surface area contributed by atoms with Crippen LogP contribution in [0, 0.1) is 17.0 Å². The summed E-state index contributed by atoms with van der Waals surface area (Å²) in [6.07, 6.45) is 1.84. The molecule has 0 spiro atoms. The highest BCUT2D eigenvalue weighted by Gasteiger charge is 2.28. The molecule has 11 nitrogen and oxygen atoms in total. The van der Waals surface area contributed by atoms with Gasteiger partial charge in [0.2, 0.25) is 0 Å². The number of nitrogens with zero attached hydrogens (tertiary/aromatic N) is 2. The normalized spacial score (nSPS) is 13.6. The molecule has 2 N–H and O–H groups in total. The molecule has 192 valence electrons. The highest BCUT2D eigenvalue weighted by Crippen LogP contribution is 2.33. The number of fused-ring (bicyclic) bond motifs is 1. The van der Waals surface area contributed by atoms with Crippen LogP contribution < -0.4 is 20.2 Å². The molecule has 2 aromatic carbocycles. The zero-order valence-corrected chi connectivity index (χ0v) is 21.0. The summed E-state index contributed by atoms with van der Waals surface area (Å²) in [5, 5.41) is 18.1. The summed E-state index contributed by atoms with van der Waals surface area (Å²) in [5.74, 6) is 0.586. The summed E-state index contributed by atoms with van der Waals surface area (Å²) in [7, 11) is 3.01. The van der Waals surface area contributed by atoms with Crippen LogP contribution in [0.1, 0.15) is 50.6 Å². The molecule has 12 heteroatoms. The number of furan rings is 1. The summed E-state index contributed by atoms with van der Waals surface area (Å²) in [5.41, 5.74) is 4.27. The number of carbonyl (C=O) groups is 2. The number of benzene rings is 2. The molecule has 1 aromatic heterocycles. The predicted molar refractivity (Wildman–Crippen MR) is 136 cm³/mol. The second kappa shape index (κ2) is 10.7. The largest absolute Gasteiger partial charge is 0.497 e. The number of carbonyl (C=O) groups excluding carboxylic acids is 2. The third-order valence-corrected chi connectivity index (χ3v) is 6.20. The number of nitrogens with one attached hydrogen (secondary N) is 2. The number of nitro benzene ring substituents is 1. The molecule has 1 heterocycles. The average Bonchev–Trinajstić information content (AvgIpc) is 3.24. The van der Waals surface area contributed by atoms with E-state index in [1.54, 1.807) is 25.1 Å². The van der Waals surface area contributed by atoms with Crippen molar-refractivity contribution in [3.8, 4) is 11.5 Å². The number of ether oxygens (including phenoxy) is 2. The monoisotopic (exact) mass is 526 g/mol. The van der Waals surface area contributed by atoms with E-state index < -0.39 is 16.7 Å². The first-order valence-electron chi connectivity index (χ1n) is 11.2. The second-order valence-corrected chi connectivity index (χ2v) is 8.56. The van der Waals surface area contributed by atoms with Gasteiger partial charge in [-0.25, -0.2) is 5.43 Å². The minimum absolute atomic E-state index is 0.0349. The first-order valence-corrected chi connectivity index (χ1v) is 11.6. The van der Waals surface area contributed by atoms with Crippen LogP contribution in [-0.2, 0) is 6.42 Å². The molecule has 37 heavy (non-hydrogen) atoms. The number of hydrazone groups is 1. The number of halogens is 1. The maximum Gasteiger partial charge on any atom is 0.291 e. The fraction of sp³-hybridized carbons (Fsp3) is 0.240. The quantitative estimate of drug-likeness (QED) is 0.329. The molecular weight excluding hydrogens is 504 g/mol. The van der Waals surface area contributed by atoms with Crippen molar-refractivity contribution in [1.29, 1.82) is 0 Å². The first kappa shape index (κ1) is 25.7. The third kappa shape index (κ3) is 5.26. The van der Waals surface area contributed by atoms with Crippen molar-refractivity contribution in [1.82, 2.24) is 5.43 Å². The molecule has 0 saturated heterocycles. The van der Waals surface area contributed by atoms with Crippen molar-refractivity contribution in [2.75, 3.05) is 19.5 Å². The predicted octanol–water partition coefficient (Wildman–Crippen LogP) is 4.89. The van der Waals surface area contributed by atoms with Gasteiger partial charge in [-0.2, -0.15) is 5.10 Å². The fourth-order valence-corrected chi connectivity index (χ4v) is 4.25. The Morgan fingerprint density at radius 3 is 2.59 bits per heavy atom. The number of aryl methyl sites for hydroxylation is 1. The Bertz CT molecular complexity index is 1430. The number of methoxy groups -OCH3 is 2. The third-order valence-electron chi connectivity index (χ3n) is 5.88. The molecule has 1 aliphatic rings. The maximum absolute atomic E-state index is 13.1. The lowest BCUT2D eigenvalue weighted by molar-refractivity contribution is -0.384. The van der Waals surface area contributed by atoms with Gasteiger partial charge in [-0.3, -0.25) is 19.7 Å². The van der Waals surface area contributed by atoms with E-state index in [9.17, 15) is 19.7 Å². The Labute approximate surface area is 216 Å².